The quantitative estimate of drug-likeness (QED) is 0.830. The summed E-state index contributed by atoms with van der Waals surface area (Å²) < 4.78 is 5.50. The molecule has 1 heterocycles. The van der Waals surface area contributed by atoms with Crippen LogP contribution in [0, 0.1) is 0 Å². The van der Waals surface area contributed by atoms with Crippen LogP contribution in [0.15, 0.2) is 36.4 Å². The van der Waals surface area contributed by atoms with E-state index in [2.05, 4.69) is 9.97 Å². The summed E-state index contributed by atoms with van der Waals surface area (Å²) in [4.78, 5) is 7.77. The van der Waals surface area contributed by atoms with E-state index in [0.717, 1.165) is 5.75 Å². The first kappa shape index (κ1) is 10.7. The third-order valence-corrected chi connectivity index (χ3v) is 2.09. The Morgan fingerprint density at radius 3 is 2.62 bits per heavy atom. The lowest BCUT2D eigenvalue weighted by atomic mass is 10.3. The van der Waals surface area contributed by atoms with Crippen molar-refractivity contribution in [2.45, 2.75) is 6.61 Å². The minimum atomic E-state index is 0.152. The van der Waals surface area contributed by atoms with Gasteiger partial charge in [0.2, 0.25) is 5.95 Å². The molecular weight excluding hydrogens is 226 g/mol. The first-order chi connectivity index (χ1) is 7.74. The first-order valence-electron chi connectivity index (χ1n) is 4.71. The normalized spacial score (nSPS) is 10.1. The highest BCUT2D eigenvalue weighted by Gasteiger charge is 2.01. The van der Waals surface area contributed by atoms with E-state index >= 15 is 0 Å². The summed E-state index contributed by atoms with van der Waals surface area (Å²) in [6.45, 7) is 0.316. The number of aromatic nitrogens is 2. The van der Waals surface area contributed by atoms with Crippen molar-refractivity contribution in [3.63, 3.8) is 0 Å². The van der Waals surface area contributed by atoms with Crippen LogP contribution in [0.3, 0.4) is 0 Å². The molecule has 2 aromatic rings. The van der Waals surface area contributed by atoms with E-state index in [9.17, 15) is 0 Å². The summed E-state index contributed by atoms with van der Waals surface area (Å²) in [6.07, 6.45) is 0. The molecule has 0 fully saturated rings. The second-order valence-corrected chi connectivity index (χ2v) is 3.53. The number of ether oxygens (including phenoxy) is 1. The monoisotopic (exact) mass is 235 g/mol. The van der Waals surface area contributed by atoms with E-state index < -0.39 is 0 Å². The summed E-state index contributed by atoms with van der Waals surface area (Å²) in [6, 6.07) is 11.1. The summed E-state index contributed by atoms with van der Waals surface area (Å²) >= 11 is 5.75. The van der Waals surface area contributed by atoms with Gasteiger partial charge in [0.25, 0.3) is 0 Å². The molecule has 1 aromatic heterocycles. The molecule has 16 heavy (non-hydrogen) atoms. The van der Waals surface area contributed by atoms with Gasteiger partial charge in [-0.25, -0.2) is 9.97 Å². The van der Waals surface area contributed by atoms with E-state index in [4.69, 9.17) is 22.1 Å². The molecule has 0 aliphatic carbocycles. The van der Waals surface area contributed by atoms with Gasteiger partial charge in [-0.05, 0) is 12.1 Å². The van der Waals surface area contributed by atoms with Crippen molar-refractivity contribution in [2.24, 2.45) is 0 Å². The average Bonchev–Trinajstić information content (AvgIpc) is 2.27. The van der Waals surface area contributed by atoms with Crippen LogP contribution < -0.4 is 10.5 Å². The lowest BCUT2D eigenvalue weighted by Crippen LogP contribution is -2.03. The van der Waals surface area contributed by atoms with Crippen molar-refractivity contribution in [3.05, 3.63) is 47.2 Å². The number of nitrogen functional groups attached to an aromatic ring is 1. The molecule has 0 bridgehead atoms. The third kappa shape index (κ3) is 2.84. The number of nitrogens with zero attached hydrogens (tertiary/aromatic N) is 2. The van der Waals surface area contributed by atoms with Crippen LogP contribution in [0.25, 0.3) is 0 Å². The highest BCUT2D eigenvalue weighted by Crippen LogP contribution is 2.13. The number of hydrogen-bond donors (Lipinski definition) is 1. The SMILES string of the molecule is Nc1nc(Cl)cc(COc2ccccc2)n1. The Hall–Kier alpha value is -1.81. The van der Waals surface area contributed by atoms with Gasteiger partial charge in [-0.3, -0.25) is 0 Å². The summed E-state index contributed by atoms with van der Waals surface area (Å²) in [7, 11) is 0. The van der Waals surface area contributed by atoms with Crippen LogP contribution in [0.1, 0.15) is 5.69 Å². The van der Waals surface area contributed by atoms with Gasteiger partial charge < -0.3 is 10.5 Å². The topological polar surface area (TPSA) is 61.0 Å². The zero-order chi connectivity index (χ0) is 11.4. The maximum absolute atomic E-state index is 5.75. The molecule has 2 N–H and O–H groups in total. The van der Waals surface area contributed by atoms with Crippen LogP contribution >= 0.6 is 11.6 Å². The van der Waals surface area contributed by atoms with E-state index in [-0.39, 0.29) is 5.95 Å². The highest BCUT2D eigenvalue weighted by atomic mass is 35.5. The van der Waals surface area contributed by atoms with Crippen molar-refractivity contribution >= 4 is 17.5 Å². The predicted octanol–water partition coefficient (Wildman–Crippen LogP) is 2.29. The molecule has 0 aliphatic heterocycles. The molecular formula is C11H10ClN3O. The Morgan fingerprint density at radius 1 is 1.19 bits per heavy atom. The second kappa shape index (κ2) is 4.81. The zero-order valence-electron chi connectivity index (χ0n) is 8.43. The molecule has 0 saturated heterocycles. The number of para-hydroxylation sites is 1. The lowest BCUT2D eigenvalue weighted by molar-refractivity contribution is 0.301. The molecule has 5 heteroatoms. The van der Waals surface area contributed by atoms with Crippen LogP contribution in [-0.4, -0.2) is 9.97 Å². The minimum Gasteiger partial charge on any atom is -0.487 e. The average molecular weight is 236 g/mol. The minimum absolute atomic E-state index is 0.152. The number of nitrogens with two attached hydrogens (primary N) is 1. The standard InChI is InChI=1S/C11H10ClN3O/c12-10-6-8(14-11(13)15-10)7-16-9-4-2-1-3-5-9/h1-6H,7H2,(H2,13,14,15). The number of benzene rings is 1. The highest BCUT2D eigenvalue weighted by molar-refractivity contribution is 6.29. The molecule has 0 aliphatic rings. The van der Waals surface area contributed by atoms with Gasteiger partial charge in [0, 0.05) is 6.07 Å². The molecule has 0 spiro atoms. The van der Waals surface area contributed by atoms with Gasteiger partial charge in [-0.1, -0.05) is 29.8 Å². The molecule has 1 aromatic carbocycles. The van der Waals surface area contributed by atoms with Crippen LogP contribution in [0.2, 0.25) is 5.15 Å². The van der Waals surface area contributed by atoms with Crippen LogP contribution in [0.5, 0.6) is 5.75 Å². The largest absolute Gasteiger partial charge is 0.487 e. The summed E-state index contributed by atoms with van der Waals surface area (Å²) in [5.41, 5.74) is 6.12. The number of anilines is 1. The van der Waals surface area contributed by atoms with Crippen molar-refractivity contribution in [1.82, 2.24) is 9.97 Å². The fourth-order valence-electron chi connectivity index (χ4n) is 1.23. The molecule has 0 unspecified atom stereocenters. The number of rotatable bonds is 3. The molecule has 0 amide bonds. The maximum atomic E-state index is 5.75. The van der Waals surface area contributed by atoms with E-state index in [1.807, 2.05) is 30.3 Å². The van der Waals surface area contributed by atoms with E-state index in [1.165, 1.54) is 0 Å². The maximum Gasteiger partial charge on any atom is 0.221 e. The van der Waals surface area contributed by atoms with Gasteiger partial charge in [0.05, 0.1) is 5.69 Å². The van der Waals surface area contributed by atoms with Crippen molar-refractivity contribution in [2.75, 3.05) is 5.73 Å². The zero-order valence-corrected chi connectivity index (χ0v) is 9.19. The lowest BCUT2D eigenvalue weighted by Gasteiger charge is -2.05. The first-order valence-corrected chi connectivity index (χ1v) is 5.08. The van der Waals surface area contributed by atoms with E-state index in [1.54, 1.807) is 6.07 Å². The Morgan fingerprint density at radius 2 is 1.94 bits per heavy atom. The number of hydrogen-bond acceptors (Lipinski definition) is 4. The Bertz CT molecular complexity index is 456. The van der Waals surface area contributed by atoms with Crippen molar-refractivity contribution in [3.8, 4) is 5.75 Å². The van der Waals surface area contributed by atoms with Crippen LogP contribution in [0.4, 0.5) is 5.95 Å². The van der Waals surface area contributed by atoms with Crippen molar-refractivity contribution in [1.29, 1.82) is 0 Å². The van der Waals surface area contributed by atoms with Crippen molar-refractivity contribution < 1.29 is 4.74 Å². The summed E-state index contributed by atoms with van der Waals surface area (Å²) in [5.74, 6) is 0.926. The smallest absolute Gasteiger partial charge is 0.221 e. The molecule has 2 rings (SSSR count). The fraction of sp³-hybridized carbons (Fsp3) is 0.0909. The third-order valence-electron chi connectivity index (χ3n) is 1.90. The molecule has 82 valence electrons. The van der Waals surface area contributed by atoms with Gasteiger partial charge in [0.1, 0.15) is 17.5 Å². The van der Waals surface area contributed by atoms with Gasteiger partial charge in [0.15, 0.2) is 0 Å². The Balaban J connectivity index is 2.05. The molecule has 4 nitrogen and oxygen atoms in total. The van der Waals surface area contributed by atoms with Crippen LogP contribution in [-0.2, 0) is 6.61 Å². The Kier molecular flexibility index (Phi) is 3.22. The summed E-state index contributed by atoms with van der Waals surface area (Å²) in [5, 5.41) is 0.319. The van der Waals surface area contributed by atoms with Gasteiger partial charge >= 0.3 is 0 Å². The van der Waals surface area contributed by atoms with E-state index in [0.29, 0.717) is 17.5 Å². The van der Waals surface area contributed by atoms with Gasteiger partial charge in [-0.2, -0.15) is 0 Å². The number of halogens is 1. The fourth-order valence-corrected chi connectivity index (χ4v) is 1.44. The Labute approximate surface area is 98.0 Å². The molecule has 0 saturated carbocycles. The molecule has 0 radical (unpaired) electrons. The van der Waals surface area contributed by atoms with Gasteiger partial charge in [-0.15, -0.1) is 0 Å². The molecule has 0 atom stereocenters. The second-order valence-electron chi connectivity index (χ2n) is 3.14. The predicted molar refractivity (Wildman–Crippen MR) is 62.2 cm³/mol.